The van der Waals surface area contributed by atoms with Gasteiger partial charge in [-0.2, -0.15) is 0 Å². The number of para-hydroxylation sites is 1. The number of amides is 1. The van der Waals surface area contributed by atoms with Gasteiger partial charge in [0.25, 0.3) is 5.91 Å². The third-order valence-electron chi connectivity index (χ3n) is 3.44. The second kappa shape index (κ2) is 5.25. The standard InChI is InChI=1S/C15H13BrN2O2/c16-12-9-17-7-6-11(12)15(20)18-8-2-4-10-3-1-5-13(19)14(10)18/h1,3,5-7,9,19H,2,4,8H2. The lowest BCUT2D eigenvalue weighted by Crippen LogP contribution is -2.35. The van der Waals surface area contributed by atoms with Gasteiger partial charge in [-0.3, -0.25) is 9.78 Å². The lowest BCUT2D eigenvalue weighted by Gasteiger charge is -2.30. The van der Waals surface area contributed by atoms with E-state index in [1.807, 2.05) is 12.1 Å². The van der Waals surface area contributed by atoms with Crippen molar-refractivity contribution in [2.24, 2.45) is 0 Å². The van der Waals surface area contributed by atoms with Crippen LogP contribution in [0.1, 0.15) is 22.3 Å². The van der Waals surface area contributed by atoms with Gasteiger partial charge in [0.2, 0.25) is 0 Å². The molecule has 5 heteroatoms. The number of nitrogens with zero attached hydrogens (tertiary/aromatic N) is 2. The van der Waals surface area contributed by atoms with Crippen molar-refractivity contribution in [2.45, 2.75) is 12.8 Å². The molecule has 0 saturated heterocycles. The zero-order chi connectivity index (χ0) is 14.1. The summed E-state index contributed by atoms with van der Waals surface area (Å²) in [5.41, 5.74) is 2.19. The van der Waals surface area contributed by atoms with Crippen LogP contribution in [0.3, 0.4) is 0 Å². The second-order valence-corrected chi connectivity index (χ2v) is 5.56. The molecule has 0 bridgehead atoms. The van der Waals surface area contributed by atoms with Crippen molar-refractivity contribution < 1.29 is 9.90 Å². The minimum absolute atomic E-state index is 0.123. The predicted molar refractivity (Wildman–Crippen MR) is 80.0 cm³/mol. The van der Waals surface area contributed by atoms with E-state index in [9.17, 15) is 9.90 Å². The molecule has 102 valence electrons. The summed E-state index contributed by atoms with van der Waals surface area (Å²) in [5.74, 6) is 0.0300. The number of phenolic OH excluding ortho intramolecular Hbond substituents is 1. The van der Waals surface area contributed by atoms with Crippen LogP contribution in [0.15, 0.2) is 41.1 Å². The molecule has 0 atom stereocenters. The maximum atomic E-state index is 12.7. The lowest BCUT2D eigenvalue weighted by molar-refractivity contribution is 0.0983. The first-order chi connectivity index (χ1) is 9.68. The molecule has 0 aliphatic carbocycles. The molecule has 4 nitrogen and oxygen atoms in total. The number of aromatic nitrogens is 1. The van der Waals surface area contributed by atoms with E-state index in [1.165, 1.54) is 0 Å². The van der Waals surface area contributed by atoms with Gasteiger partial charge in [0.1, 0.15) is 5.75 Å². The van der Waals surface area contributed by atoms with E-state index in [-0.39, 0.29) is 11.7 Å². The van der Waals surface area contributed by atoms with Crippen molar-refractivity contribution in [2.75, 3.05) is 11.4 Å². The average molecular weight is 333 g/mol. The maximum Gasteiger partial charge on any atom is 0.259 e. The Balaban J connectivity index is 2.05. The van der Waals surface area contributed by atoms with Gasteiger partial charge in [-0.25, -0.2) is 0 Å². The van der Waals surface area contributed by atoms with Crippen LogP contribution in [-0.2, 0) is 6.42 Å². The normalized spacial score (nSPS) is 13.9. The molecule has 0 saturated carbocycles. The Kier molecular flexibility index (Phi) is 3.44. The van der Waals surface area contributed by atoms with Crippen LogP contribution in [0, 0.1) is 0 Å². The van der Waals surface area contributed by atoms with Crippen LogP contribution < -0.4 is 4.90 Å². The number of carbonyl (C=O) groups excluding carboxylic acids is 1. The van der Waals surface area contributed by atoms with Crippen LogP contribution >= 0.6 is 15.9 Å². The highest BCUT2D eigenvalue weighted by Gasteiger charge is 2.27. The minimum atomic E-state index is -0.123. The van der Waals surface area contributed by atoms with E-state index in [0.717, 1.165) is 18.4 Å². The molecular formula is C15H13BrN2O2. The molecule has 1 aromatic heterocycles. The smallest absolute Gasteiger partial charge is 0.259 e. The second-order valence-electron chi connectivity index (χ2n) is 4.70. The summed E-state index contributed by atoms with van der Waals surface area (Å²) >= 11 is 3.35. The Labute approximate surface area is 125 Å². The van der Waals surface area contributed by atoms with Crippen molar-refractivity contribution in [3.63, 3.8) is 0 Å². The monoisotopic (exact) mass is 332 g/mol. The molecule has 1 aliphatic rings. The summed E-state index contributed by atoms with van der Waals surface area (Å²) in [4.78, 5) is 18.3. The number of fused-ring (bicyclic) bond motifs is 1. The maximum absolute atomic E-state index is 12.7. The summed E-state index contributed by atoms with van der Waals surface area (Å²) < 4.78 is 0.660. The summed E-state index contributed by atoms with van der Waals surface area (Å²) in [5, 5.41) is 10.1. The fourth-order valence-corrected chi connectivity index (χ4v) is 2.95. The van der Waals surface area contributed by atoms with Crippen LogP contribution in [0.5, 0.6) is 5.75 Å². The molecule has 2 heterocycles. The highest BCUT2D eigenvalue weighted by molar-refractivity contribution is 9.10. The molecule has 1 amide bonds. The highest BCUT2D eigenvalue weighted by atomic mass is 79.9. The summed E-state index contributed by atoms with van der Waals surface area (Å²) in [6.45, 7) is 0.609. The Hall–Kier alpha value is -1.88. The van der Waals surface area contributed by atoms with Crippen molar-refractivity contribution >= 4 is 27.5 Å². The molecule has 0 unspecified atom stereocenters. The molecule has 20 heavy (non-hydrogen) atoms. The minimum Gasteiger partial charge on any atom is -0.506 e. The summed E-state index contributed by atoms with van der Waals surface area (Å²) in [6.07, 6.45) is 4.96. The largest absolute Gasteiger partial charge is 0.506 e. The number of halogens is 1. The number of phenols is 1. The van der Waals surface area contributed by atoms with Crippen molar-refractivity contribution in [3.8, 4) is 5.75 Å². The first-order valence-corrected chi connectivity index (χ1v) is 7.20. The van der Waals surface area contributed by atoms with Gasteiger partial charge in [-0.15, -0.1) is 0 Å². The first kappa shape index (κ1) is 13.1. The first-order valence-electron chi connectivity index (χ1n) is 6.40. The molecule has 3 rings (SSSR count). The van der Waals surface area contributed by atoms with Gasteiger partial charge < -0.3 is 10.0 Å². The van der Waals surface area contributed by atoms with Crippen molar-refractivity contribution in [1.82, 2.24) is 4.98 Å². The predicted octanol–water partition coefficient (Wildman–Crippen LogP) is 3.14. The molecular weight excluding hydrogens is 320 g/mol. The third kappa shape index (κ3) is 2.18. The summed E-state index contributed by atoms with van der Waals surface area (Å²) in [7, 11) is 0. The van der Waals surface area contributed by atoms with E-state index in [4.69, 9.17) is 0 Å². The number of aryl methyl sites for hydroxylation is 1. The number of benzene rings is 1. The van der Waals surface area contributed by atoms with Gasteiger partial charge in [0, 0.05) is 23.4 Å². The highest BCUT2D eigenvalue weighted by Crippen LogP contribution is 2.36. The number of aromatic hydroxyl groups is 1. The summed E-state index contributed by atoms with van der Waals surface area (Å²) in [6, 6.07) is 7.06. The molecule has 0 spiro atoms. The molecule has 1 aromatic carbocycles. The Morgan fingerprint density at radius 1 is 1.35 bits per heavy atom. The Morgan fingerprint density at radius 2 is 2.20 bits per heavy atom. The lowest BCUT2D eigenvalue weighted by atomic mass is 10.00. The number of anilines is 1. The Bertz CT molecular complexity index is 673. The fraction of sp³-hybridized carbons (Fsp3) is 0.200. The molecule has 2 aromatic rings. The fourth-order valence-electron chi connectivity index (χ4n) is 2.53. The van der Waals surface area contributed by atoms with Crippen molar-refractivity contribution in [3.05, 3.63) is 52.3 Å². The van der Waals surface area contributed by atoms with E-state index >= 15 is 0 Å². The number of hydrogen-bond acceptors (Lipinski definition) is 3. The van der Waals surface area contributed by atoms with Gasteiger partial charge in [0.15, 0.2) is 0 Å². The van der Waals surface area contributed by atoms with Gasteiger partial charge in [0.05, 0.1) is 11.3 Å². The molecule has 0 fully saturated rings. The zero-order valence-corrected chi connectivity index (χ0v) is 12.3. The number of hydrogen-bond donors (Lipinski definition) is 1. The van der Waals surface area contributed by atoms with Crippen molar-refractivity contribution in [1.29, 1.82) is 0 Å². The SMILES string of the molecule is O=C(c1ccncc1Br)N1CCCc2cccc(O)c21. The number of pyridine rings is 1. The van der Waals surface area contributed by atoms with Gasteiger partial charge in [-0.05, 0) is 46.5 Å². The number of carbonyl (C=O) groups is 1. The Morgan fingerprint density at radius 3 is 3.00 bits per heavy atom. The molecule has 0 radical (unpaired) electrons. The zero-order valence-electron chi connectivity index (χ0n) is 10.7. The van der Waals surface area contributed by atoms with E-state index in [2.05, 4.69) is 20.9 Å². The van der Waals surface area contributed by atoms with Gasteiger partial charge >= 0.3 is 0 Å². The van der Waals surface area contributed by atoms with Crippen LogP contribution in [-0.4, -0.2) is 22.5 Å². The van der Waals surface area contributed by atoms with Crippen LogP contribution in [0.4, 0.5) is 5.69 Å². The van der Waals surface area contributed by atoms with E-state index < -0.39 is 0 Å². The average Bonchev–Trinajstić information content (AvgIpc) is 2.47. The van der Waals surface area contributed by atoms with E-state index in [1.54, 1.807) is 29.4 Å². The quantitative estimate of drug-likeness (QED) is 0.872. The van der Waals surface area contributed by atoms with Crippen LogP contribution in [0.25, 0.3) is 0 Å². The topological polar surface area (TPSA) is 53.4 Å². The molecule has 1 N–H and O–H groups in total. The molecule has 1 aliphatic heterocycles. The van der Waals surface area contributed by atoms with E-state index in [0.29, 0.717) is 22.3 Å². The third-order valence-corrected chi connectivity index (χ3v) is 4.08. The van der Waals surface area contributed by atoms with Gasteiger partial charge in [-0.1, -0.05) is 12.1 Å². The van der Waals surface area contributed by atoms with Crippen LogP contribution in [0.2, 0.25) is 0 Å². The number of rotatable bonds is 1.